The standard InChI is InChI=1S/C23H24N6O2S2/c1-31-18-8-6-16(7-9-18)14-29-23(25-26-27-29)32-15-21(30)28-12-10-17(11-13-28)22-24-19-4-2-3-5-20(19)33-22/h2-9,17H,10-15H2,1H3. The van der Waals surface area contributed by atoms with E-state index in [4.69, 9.17) is 9.72 Å². The molecule has 0 bridgehead atoms. The van der Waals surface area contributed by atoms with E-state index in [1.807, 2.05) is 35.2 Å². The summed E-state index contributed by atoms with van der Waals surface area (Å²) >= 11 is 3.16. The van der Waals surface area contributed by atoms with Gasteiger partial charge in [0.05, 0.1) is 34.6 Å². The Kier molecular flexibility index (Phi) is 6.54. The van der Waals surface area contributed by atoms with Crippen LogP contribution in [0.4, 0.5) is 0 Å². The number of tetrazole rings is 1. The number of hydrogen-bond acceptors (Lipinski definition) is 8. The van der Waals surface area contributed by atoms with Gasteiger partial charge in [0, 0.05) is 19.0 Å². The Hall–Kier alpha value is -2.98. The van der Waals surface area contributed by atoms with Crippen molar-refractivity contribution < 1.29 is 9.53 Å². The molecular formula is C23H24N6O2S2. The number of carbonyl (C=O) groups is 1. The molecule has 3 heterocycles. The summed E-state index contributed by atoms with van der Waals surface area (Å²) in [4.78, 5) is 19.6. The Labute approximate surface area is 200 Å². The number of likely N-dealkylation sites (tertiary alicyclic amines) is 1. The number of carbonyl (C=O) groups excluding carboxylic acids is 1. The van der Waals surface area contributed by atoms with E-state index in [-0.39, 0.29) is 5.91 Å². The Bertz CT molecular complexity index is 1200. The molecule has 8 nitrogen and oxygen atoms in total. The maximum Gasteiger partial charge on any atom is 0.233 e. The average molecular weight is 481 g/mol. The number of piperidine rings is 1. The lowest BCUT2D eigenvalue weighted by Gasteiger charge is -2.31. The normalized spacial score (nSPS) is 14.6. The minimum Gasteiger partial charge on any atom is -0.497 e. The number of para-hydroxylation sites is 1. The lowest BCUT2D eigenvalue weighted by molar-refractivity contribution is -0.129. The van der Waals surface area contributed by atoms with Gasteiger partial charge < -0.3 is 9.64 Å². The van der Waals surface area contributed by atoms with Crippen LogP contribution in [0.15, 0.2) is 53.7 Å². The van der Waals surface area contributed by atoms with Gasteiger partial charge in [-0.2, -0.15) is 0 Å². The first kappa shape index (κ1) is 21.8. The van der Waals surface area contributed by atoms with Crippen LogP contribution in [0.1, 0.15) is 29.3 Å². The summed E-state index contributed by atoms with van der Waals surface area (Å²) in [6.07, 6.45) is 1.90. The molecule has 170 valence electrons. The highest BCUT2D eigenvalue weighted by atomic mass is 32.2. The van der Waals surface area contributed by atoms with E-state index in [2.05, 4.69) is 33.7 Å². The van der Waals surface area contributed by atoms with Crippen molar-refractivity contribution >= 4 is 39.2 Å². The van der Waals surface area contributed by atoms with Crippen molar-refractivity contribution in [2.75, 3.05) is 26.0 Å². The number of nitrogens with zero attached hydrogens (tertiary/aromatic N) is 6. The zero-order valence-electron chi connectivity index (χ0n) is 18.3. The fraction of sp³-hybridized carbons (Fsp3) is 0.348. The highest BCUT2D eigenvalue weighted by molar-refractivity contribution is 7.99. The van der Waals surface area contributed by atoms with Gasteiger partial charge in [0.15, 0.2) is 0 Å². The van der Waals surface area contributed by atoms with Crippen LogP contribution in [0.3, 0.4) is 0 Å². The molecule has 1 saturated heterocycles. The molecule has 1 amide bonds. The van der Waals surface area contributed by atoms with Gasteiger partial charge in [-0.3, -0.25) is 4.79 Å². The molecule has 0 aliphatic carbocycles. The summed E-state index contributed by atoms with van der Waals surface area (Å²) in [5.74, 6) is 1.69. The first-order chi connectivity index (χ1) is 16.2. The maximum absolute atomic E-state index is 12.8. The minimum absolute atomic E-state index is 0.127. The number of aromatic nitrogens is 5. The van der Waals surface area contributed by atoms with Gasteiger partial charge in [-0.25, -0.2) is 9.67 Å². The number of ether oxygens (including phenoxy) is 1. The molecular weight excluding hydrogens is 456 g/mol. The molecule has 0 saturated carbocycles. The summed E-state index contributed by atoms with van der Waals surface area (Å²) in [5.41, 5.74) is 2.13. The van der Waals surface area contributed by atoms with Gasteiger partial charge in [-0.1, -0.05) is 36.0 Å². The molecule has 1 aliphatic heterocycles. The predicted molar refractivity (Wildman–Crippen MR) is 129 cm³/mol. The third-order valence-electron chi connectivity index (χ3n) is 5.82. The fourth-order valence-electron chi connectivity index (χ4n) is 3.96. The van der Waals surface area contributed by atoms with E-state index >= 15 is 0 Å². The zero-order valence-corrected chi connectivity index (χ0v) is 19.9. The van der Waals surface area contributed by atoms with Crippen LogP contribution in [0.25, 0.3) is 10.2 Å². The maximum atomic E-state index is 12.8. The number of benzene rings is 2. The number of amides is 1. The predicted octanol–water partition coefficient (Wildman–Crippen LogP) is 3.84. The number of hydrogen-bond donors (Lipinski definition) is 0. The molecule has 2 aromatic carbocycles. The molecule has 1 aliphatic rings. The molecule has 0 N–H and O–H groups in total. The second-order valence-corrected chi connectivity index (χ2v) is 9.94. The lowest BCUT2D eigenvalue weighted by Crippen LogP contribution is -2.39. The fourth-order valence-corrected chi connectivity index (χ4v) is 5.88. The molecule has 4 aromatic rings. The minimum atomic E-state index is 0.127. The number of fused-ring (bicyclic) bond motifs is 1. The topological polar surface area (TPSA) is 86.0 Å². The van der Waals surface area contributed by atoms with Crippen molar-refractivity contribution in [2.24, 2.45) is 0 Å². The quantitative estimate of drug-likeness (QED) is 0.372. The van der Waals surface area contributed by atoms with Crippen molar-refractivity contribution in [3.63, 3.8) is 0 Å². The third kappa shape index (κ3) is 5.01. The van der Waals surface area contributed by atoms with Gasteiger partial charge in [0.2, 0.25) is 11.1 Å². The lowest BCUT2D eigenvalue weighted by atomic mass is 9.97. The molecule has 0 atom stereocenters. The summed E-state index contributed by atoms with van der Waals surface area (Å²) in [6, 6.07) is 16.0. The Morgan fingerprint density at radius 2 is 1.94 bits per heavy atom. The SMILES string of the molecule is COc1ccc(Cn2nnnc2SCC(=O)N2CCC(c3nc4ccccc4s3)CC2)cc1. The Morgan fingerprint density at radius 3 is 2.70 bits per heavy atom. The van der Waals surface area contributed by atoms with Crippen molar-refractivity contribution in [1.29, 1.82) is 0 Å². The molecule has 0 spiro atoms. The van der Waals surface area contributed by atoms with Crippen LogP contribution >= 0.6 is 23.1 Å². The van der Waals surface area contributed by atoms with Crippen LogP contribution in [0.2, 0.25) is 0 Å². The van der Waals surface area contributed by atoms with Gasteiger partial charge in [-0.15, -0.1) is 16.4 Å². The van der Waals surface area contributed by atoms with Gasteiger partial charge in [-0.05, 0) is 53.1 Å². The summed E-state index contributed by atoms with van der Waals surface area (Å²) in [7, 11) is 1.64. The molecule has 10 heteroatoms. The molecule has 33 heavy (non-hydrogen) atoms. The molecule has 0 radical (unpaired) electrons. The van der Waals surface area contributed by atoms with E-state index in [0.29, 0.717) is 23.4 Å². The average Bonchev–Trinajstić information content (AvgIpc) is 3.50. The van der Waals surface area contributed by atoms with Crippen molar-refractivity contribution in [3.8, 4) is 5.75 Å². The van der Waals surface area contributed by atoms with Crippen LogP contribution < -0.4 is 4.74 Å². The van der Waals surface area contributed by atoms with E-state index < -0.39 is 0 Å². The van der Waals surface area contributed by atoms with E-state index in [1.54, 1.807) is 23.1 Å². The molecule has 1 fully saturated rings. The number of thiazole rings is 1. The Balaban J connectivity index is 1.13. The first-order valence-electron chi connectivity index (χ1n) is 10.8. The van der Waals surface area contributed by atoms with Crippen molar-refractivity contribution in [3.05, 3.63) is 59.1 Å². The van der Waals surface area contributed by atoms with Crippen molar-refractivity contribution in [2.45, 2.75) is 30.5 Å². The second kappa shape index (κ2) is 9.88. The number of methoxy groups -OCH3 is 1. The second-order valence-electron chi connectivity index (χ2n) is 7.93. The van der Waals surface area contributed by atoms with Crippen LogP contribution in [-0.2, 0) is 11.3 Å². The smallest absolute Gasteiger partial charge is 0.233 e. The highest BCUT2D eigenvalue weighted by Gasteiger charge is 2.26. The van der Waals surface area contributed by atoms with E-state index in [0.717, 1.165) is 42.8 Å². The third-order valence-corrected chi connectivity index (χ3v) is 7.96. The van der Waals surface area contributed by atoms with Gasteiger partial charge in [0.1, 0.15) is 5.75 Å². The van der Waals surface area contributed by atoms with Crippen LogP contribution in [0, 0.1) is 0 Å². The summed E-state index contributed by atoms with van der Waals surface area (Å²) in [5, 5.41) is 13.8. The van der Waals surface area contributed by atoms with E-state index in [1.165, 1.54) is 21.5 Å². The first-order valence-corrected chi connectivity index (χ1v) is 12.6. The molecule has 5 rings (SSSR count). The number of thioether (sulfide) groups is 1. The molecule has 0 unspecified atom stereocenters. The monoisotopic (exact) mass is 480 g/mol. The number of rotatable bonds is 7. The zero-order chi connectivity index (χ0) is 22.6. The Morgan fingerprint density at radius 1 is 1.15 bits per heavy atom. The molecule has 2 aromatic heterocycles. The van der Waals surface area contributed by atoms with Crippen LogP contribution in [-0.4, -0.2) is 62.0 Å². The van der Waals surface area contributed by atoms with Gasteiger partial charge >= 0.3 is 0 Å². The summed E-state index contributed by atoms with van der Waals surface area (Å²) < 4.78 is 8.15. The summed E-state index contributed by atoms with van der Waals surface area (Å²) in [6.45, 7) is 2.06. The van der Waals surface area contributed by atoms with Crippen LogP contribution in [0.5, 0.6) is 5.75 Å². The van der Waals surface area contributed by atoms with E-state index in [9.17, 15) is 4.79 Å². The van der Waals surface area contributed by atoms with Crippen molar-refractivity contribution in [1.82, 2.24) is 30.1 Å². The van der Waals surface area contributed by atoms with Gasteiger partial charge in [0.25, 0.3) is 0 Å². The largest absolute Gasteiger partial charge is 0.497 e. The highest BCUT2D eigenvalue weighted by Crippen LogP contribution is 2.34.